The topological polar surface area (TPSA) is 126 Å². The van der Waals surface area contributed by atoms with Gasteiger partial charge in [0.15, 0.2) is 12.4 Å². The van der Waals surface area contributed by atoms with E-state index in [0.29, 0.717) is 22.8 Å². The summed E-state index contributed by atoms with van der Waals surface area (Å²) in [6, 6.07) is 20.3. The first-order valence-corrected chi connectivity index (χ1v) is 9.60. The van der Waals surface area contributed by atoms with Crippen molar-refractivity contribution in [3.63, 3.8) is 0 Å². The van der Waals surface area contributed by atoms with Crippen LogP contribution in [0.4, 0.5) is 0 Å². The monoisotopic (exact) mass is 440 g/mol. The largest absolute Gasteiger partial charge is 0.457 e. The number of hydrogen-bond donors (Lipinski definition) is 0. The summed E-state index contributed by atoms with van der Waals surface area (Å²) in [6.45, 7) is 0.796. The van der Waals surface area contributed by atoms with E-state index in [-0.39, 0.29) is 16.7 Å². The van der Waals surface area contributed by atoms with Crippen LogP contribution < -0.4 is 9.47 Å². The molecule has 0 aliphatic heterocycles. The smallest absolute Gasteiger partial charge is 0.338 e. The third kappa shape index (κ3) is 6.03. The van der Waals surface area contributed by atoms with Crippen molar-refractivity contribution in [3.8, 4) is 29.4 Å². The van der Waals surface area contributed by atoms with Crippen LogP contribution in [0.1, 0.15) is 38.8 Å². The van der Waals surface area contributed by atoms with E-state index in [1.165, 1.54) is 61.5 Å². The standard InChI is InChI=1S/C25H16N2O6/c1-16(28)32-21-8-5-17(6-9-21)24(29)15-31-25(30)18-3-2-4-22(11-18)33-23-10-7-19(13-26)20(12-23)14-27/h2-12H,15H2,1H3. The zero-order valence-corrected chi connectivity index (χ0v) is 17.4. The number of ketones is 1. The minimum atomic E-state index is -0.720. The average Bonchev–Trinajstić information content (AvgIpc) is 2.82. The lowest BCUT2D eigenvalue weighted by molar-refractivity contribution is -0.131. The maximum atomic E-state index is 12.4. The van der Waals surface area contributed by atoms with Gasteiger partial charge >= 0.3 is 11.9 Å². The van der Waals surface area contributed by atoms with Crippen molar-refractivity contribution in [2.45, 2.75) is 6.92 Å². The van der Waals surface area contributed by atoms with Crippen LogP contribution in [0.15, 0.2) is 66.7 Å². The van der Waals surface area contributed by atoms with Gasteiger partial charge in [-0.05, 0) is 60.7 Å². The molecule has 0 aliphatic carbocycles. The molecular formula is C25H16N2O6. The molecule has 0 radical (unpaired) electrons. The molecule has 0 aromatic heterocycles. The Morgan fingerprint density at radius 3 is 2.12 bits per heavy atom. The van der Waals surface area contributed by atoms with Gasteiger partial charge in [0.25, 0.3) is 0 Å². The van der Waals surface area contributed by atoms with Crippen LogP contribution in [0.25, 0.3) is 0 Å². The minimum absolute atomic E-state index is 0.166. The molecule has 0 saturated heterocycles. The molecule has 0 unspecified atom stereocenters. The maximum Gasteiger partial charge on any atom is 0.338 e. The molecule has 3 rings (SSSR count). The Morgan fingerprint density at radius 2 is 1.45 bits per heavy atom. The van der Waals surface area contributed by atoms with Crippen molar-refractivity contribution in [2.75, 3.05) is 6.61 Å². The zero-order valence-electron chi connectivity index (χ0n) is 17.4. The van der Waals surface area contributed by atoms with Gasteiger partial charge in [-0.1, -0.05) is 6.07 Å². The second-order valence-electron chi connectivity index (χ2n) is 6.68. The summed E-state index contributed by atoms with van der Waals surface area (Å²) in [5.41, 5.74) is 0.863. The fraction of sp³-hybridized carbons (Fsp3) is 0.0800. The van der Waals surface area contributed by atoms with E-state index < -0.39 is 24.3 Å². The average molecular weight is 440 g/mol. The van der Waals surface area contributed by atoms with Gasteiger partial charge in [-0.2, -0.15) is 10.5 Å². The van der Waals surface area contributed by atoms with Crippen LogP contribution >= 0.6 is 0 Å². The second-order valence-corrected chi connectivity index (χ2v) is 6.68. The van der Waals surface area contributed by atoms with Gasteiger partial charge in [-0.25, -0.2) is 4.79 Å². The molecule has 0 spiro atoms. The highest BCUT2D eigenvalue weighted by molar-refractivity contribution is 5.99. The quantitative estimate of drug-likeness (QED) is 0.304. The number of nitrogens with zero attached hydrogens (tertiary/aromatic N) is 2. The number of nitriles is 2. The number of esters is 2. The molecule has 0 fully saturated rings. The molecule has 0 aliphatic rings. The Hall–Kier alpha value is -4.95. The molecule has 0 N–H and O–H groups in total. The van der Waals surface area contributed by atoms with Crippen LogP contribution in [0.5, 0.6) is 17.2 Å². The van der Waals surface area contributed by atoms with Crippen molar-refractivity contribution in [2.24, 2.45) is 0 Å². The fourth-order valence-corrected chi connectivity index (χ4v) is 2.77. The maximum absolute atomic E-state index is 12.4. The van der Waals surface area contributed by atoms with Crippen LogP contribution in [-0.2, 0) is 9.53 Å². The van der Waals surface area contributed by atoms with Crippen LogP contribution in [0.3, 0.4) is 0 Å². The molecule has 0 amide bonds. The van der Waals surface area contributed by atoms with Crippen molar-refractivity contribution < 1.29 is 28.6 Å². The first-order chi connectivity index (χ1) is 15.9. The van der Waals surface area contributed by atoms with Crippen LogP contribution in [0.2, 0.25) is 0 Å². The number of hydrogen-bond acceptors (Lipinski definition) is 8. The first kappa shape index (κ1) is 22.7. The normalized spacial score (nSPS) is 9.79. The third-order valence-corrected chi connectivity index (χ3v) is 4.31. The Morgan fingerprint density at radius 1 is 0.788 bits per heavy atom. The predicted octanol–water partition coefficient (Wildman–Crippen LogP) is 4.19. The van der Waals surface area contributed by atoms with Crippen molar-refractivity contribution in [3.05, 3.63) is 89.0 Å². The van der Waals surface area contributed by atoms with E-state index in [1.54, 1.807) is 12.1 Å². The molecule has 0 bridgehead atoms. The van der Waals surface area contributed by atoms with Crippen LogP contribution in [0, 0.1) is 22.7 Å². The van der Waals surface area contributed by atoms with E-state index in [2.05, 4.69) is 0 Å². The lowest BCUT2D eigenvalue weighted by Crippen LogP contribution is -2.14. The molecule has 0 heterocycles. The molecule has 33 heavy (non-hydrogen) atoms. The Labute approximate surface area is 189 Å². The summed E-state index contributed by atoms with van der Waals surface area (Å²) >= 11 is 0. The Bertz CT molecular complexity index is 1300. The molecule has 8 heteroatoms. The summed E-state index contributed by atoms with van der Waals surface area (Å²) in [6.07, 6.45) is 0. The van der Waals surface area contributed by atoms with Gasteiger partial charge in [-0.15, -0.1) is 0 Å². The summed E-state index contributed by atoms with van der Waals surface area (Å²) in [5.74, 6) is -0.681. The molecule has 8 nitrogen and oxygen atoms in total. The second kappa shape index (κ2) is 10.4. The number of benzene rings is 3. The summed E-state index contributed by atoms with van der Waals surface area (Å²) in [4.78, 5) is 35.6. The number of rotatable bonds is 7. The van der Waals surface area contributed by atoms with Crippen molar-refractivity contribution >= 4 is 17.7 Å². The lowest BCUT2D eigenvalue weighted by Gasteiger charge is -2.09. The number of Topliss-reactive ketones (excluding diaryl/α,β-unsaturated/α-hetero) is 1. The zero-order chi connectivity index (χ0) is 23.8. The third-order valence-electron chi connectivity index (χ3n) is 4.31. The lowest BCUT2D eigenvalue weighted by atomic mass is 10.1. The highest BCUT2D eigenvalue weighted by atomic mass is 16.5. The van der Waals surface area contributed by atoms with Gasteiger partial charge in [0, 0.05) is 12.5 Å². The molecule has 0 atom stereocenters. The fourth-order valence-electron chi connectivity index (χ4n) is 2.77. The first-order valence-electron chi connectivity index (χ1n) is 9.60. The summed E-state index contributed by atoms with van der Waals surface area (Å²) in [7, 11) is 0. The van der Waals surface area contributed by atoms with Crippen LogP contribution in [-0.4, -0.2) is 24.3 Å². The molecule has 3 aromatic carbocycles. The number of carbonyl (C=O) groups is 3. The summed E-state index contributed by atoms with van der Waals surface area (Å²) < 4.78 is 15.7. The summed E-state index contributed by atoms with van der Waals surface area (Å²) in [5, 5.41) is 18.1. The number of ether oxygens (including phenoxy) is 3. The Balaban J connectivity index is 1.63. The van der Waals surface area contributed by atoms with Gasteiger partial charge in [0.1, 0.15) is 29.4 Å². The minimum Gasteiger partial charge on any atom is -0.457 e. The van der Waals surface area contributed by atoms with E-state index in [0.717, 1.165) is 0 Å². The van der Waals surface area contributed by atoms with E-state index in [9.17, 15) is 14.4 Å². The highest BCUT2D eigenvalue weighted by Crippen LogP contribution is 2.25. The van der Waals surface area contributed by atoms with Gasteiger partial charge < -0.3 is 14.2 Å². The SMILES string of the molecule is CC(=O)Oc1ccc(C(=O)COC(=O)c2cccc(Oc3ccc(C#N)c(C#N)c3)c2)cc1. The van der Waals surface area contributed by atoms with Crippen molar-refractivity contribution in [1.29, 1.82) is 10.5 Å². The van der Waals surface area contributed by atoms with E-state index in [4.69, 9.17) is 24.7 Å². The van der Waals surface area contributed by atoms with Gasteiger partial charge in [-0.3, -0.25) is 9.59 Å². The van der Waals surface area contributed by atoms with Crippen molar-refractivity contribution in [1.82, 2.24) is 0 Å². The molecule has 3 aromatic rings. The van der Waals surface area contributed by atoms with Gasteiger partial charge in [0.2, 0.25) is 0 Å². The predicted molar refractivity (Wildman–Crippen MR) is 115 cm³/mol. The van der Waals surface area contributed by atoms with E-state index in [1.807, 2.05) is 12.1 Å². The highest BCUT2D eigenvalue weighted by Gasteiger charge is 2.14. The molecule has 162 valence electrons. The van der Waals surface area contributed by atoms with E-state index >= 15 is 0 Å². The molecule has 0 saturated carbocycles. The molecular weight excluding hydrogens is 424 g/mol. The Kier molecular flexibility index (Phi) is 7.15. The number of carbonyl (C=O) groups excluding carboxylic acids is 3. The van der Waals surface area contributed by atoms with Gasteiger partial charge in [0.05, 0.1) is 16.7 Å².